The number of pyridine rings is 2. The summed E-state index contributed by atoms with van der Waals surface area (Å²) in [6, 6.07) is 34.1. The van der Waals surface area contributed by atoms with Crippen LogP contribution in [0.4, 0.5) is 0 Å². The summed E-state index contributed by atoms with van der Waals surface area (Å²) in [4.78, 5) is 36.9. The van der Waals surface area contributed by atoms with Crippen molar-refractivity contribution < 1.29 is 19.1 Å². The summed E-state index contributed by atoms with van der Waals surface area (Å²) in [5, 5.41) is 7.74. The highest BCUT2D eigenvalue weighted by atomic mass is 16.5. The van der Waals surface area contributed by atoms with Crippen molar-refractivity contribution in [3.05, 3.63) is 120 Å². The summed E-state index contributed by atoms with van der Waals surface area (Å²) in [5.41, 5.74) is 5.25. The molecule has 2 heterocycles. The van der Waals surface area contributed by atoms with Gasteiger partial charge in [0.1, 0.15) is 11.5 Å². The number of carbonyl (C=O) groups excluding carboxylic acids is 2. The number of fused-ring (bicyclic) bond motifs is 2. The van der Waals surface area contributed by atoms with Gasteiger partial charge in [-0.3, -0.25) is 9.59 Å². The fourth-order valence-electron chi connectivity index (χ4n) is 5.44. The highest BCUT2D eigenvalue weighted by molar-refractivity contribution is 6.08. The van der Waals surface area contributed by atoms with Crippen molar-refractivity contribution in [2.45, 2.75) is 13.8 Å². The van der Waals surface area contributed by atoms with Gasteiger partial charge in [-0.25, -0.2) is 9.97 Å². The third kappa shape index (κ3) is 6.92. The van der Waals surface area contributed by atoms with Crippen LogP contribution in [-0.4, -0.2) is 49.1 Å². The quantitative estimate of drug-likeness (QED) is 0.166. The second kappa shape index (κ2) is 13.3. The third-order valence-corrected chi connectivity index (χ3v) is 8.15. The molecule has 6 aromatic rings. The number of benzene rings is 4. The number of nitrogens with one attached hydrogen (secondary N) is 2. The Hall–Kier alpha value is -5.76. The van der Waals surface area contributed by atoms with Crippen molar-refractivity contribution in [1.29, 1.82) is 0 Å². The molecule has 2 aromatic heterocycles. The molecular formula is C39H36N4O4. The molecule has 0 aliphatic carbocycles. The summed E-state index contributed by atoms with van der Waals surface area (Å²) in [7, 11) is 3.25. The Bertz CT molecular complexity index is 1920. The van der Waals surface area contributed by atoms with Crippen LogP contribution in [-0.2, 0) is 0 Å². The maximum Gasteiger partial charge on any atom is 0.252 e. The average molecular weight is 625 g/mol. The minimum Gasteiger partial charge on any atom is -0.497 e. The fourth-order valence-corrected chi connectivity index (χ4v) is 5.44. The maximum absolute atomic E-state index is 13.6. The zero-order chi connectivity index (χ0) is 33.0. The van der Waals surface area contributed by atoms with E-state index in [1.807, 2.05) is 123 Å². The minimum absolute atomic E-state index is 0.206. The van der Waals surface area contributed by atoms with Gasteiger partial charge in [0, 0.05) is 35.0 Å². The van der Waals surface area contributed by atoms with Crippen LogP contribution in [0.2, 0.25) is 0 Å². The lowest BCUT2D eigenvalue weighted by Gasteiger charge is -2.26. The largest absolute Gasteiger partial charge is 0.497 e. The summed E-state index contributed by atoms with van der Waals surface area (Å²) >= 11 is 0. The van der Waals surface area contributed by atoms with Gasteiger partial charge >= 0.3 is 0 Å². The Kier molecular flexibility index (Phi) is 8.84. The lowest BCUT2D eigenvalue weighted by Crippen LogP contribution is -2.42. The van der Waals surface area contributed by atoms with Gasteiger partial charge in [-0.15, -0.1) is 0 Å². The summed E-state index contributed by atoms with van der Waals surface area (Å²) in [6.07, 6.45) is 0. The van der Waals surface area contributed by atoms with Crippen molar-refractivity contribution in [1.82, 2.24) is 20.6 Å². The Morgan fingerprint density at radius 3 is 1.36 bits per heavy atom. The van der Waals surface area contributed by atoms with E-state index in [2.05, 4.69) is 10.6 Å². The van der Waals surface area contributed by atoms with Crippen LogP contribution in [0.25, 0.3) is 44.3 Å². The standard InChI is InChI=1S/C39H36N4O4/c1-39(2,23-40-37(44)31-21-35(25-13-17-27(46-3)18-14-25)42-33-11-7-5-9-29(31)33)24-41-38(45)32-22-36(26-15-19-28(47-4)20-16-26)43-34-12-8-6-10-30(32)34/h5-22H,23-24H2,1-4H3,(H,40,44)(H,41,45). The molecule has 0 spiro atoms. The van der Waals surface area contributed by atoms with Crippen LogP contribution in [0.15, 0.2) is 109 Å². The molecular weight excluding hydrogens is 588 g/mol. The molecule has 0 saturated carbocycles. The van der Waals surface area contributed by atoms with Crippen molar-refractivity contribution in [3.63, 3.8) is 0 Å². The SMILES string of the molecule is COc1ccc(-c2cc(C(=O)NCC(C)(C)CNC(=O)c3cc(-c4ccc(OC)cc4)nc4ccccc34)c3ccccc3n2)cc1. The molecule has 2 amide bonds. The predicted molar refractivity (Wildman–Crippen MR) is 186 cm³/mol. The number of hydrogen-bond acceptors (Lipinski definition) is 6. The Balaban J connectivity index is 1.18. The predicted octanol–water partition coefficient (Wildman–Crippen LogP) is 7.32. The Labute approximate surface area is 273 Å². The Morgan fingerprint density at radius 2 is 0.979 bits per heavy atom. The zero-order valence-electron chi connectivity index (χ0n) is 26.8. The van der Waals surface area contributed by atoms with Crippen LogP contribution >= 0.6 is 0 Å². The van der Waals surface area contributed by atoms with Crippen molar-refractivity contribution in [2.24, 2.45) is 5.41 Å². The molecule has 47 heavy (non-hydrogen) atoms. The van der Waals surface area contributed by atoms with E-state index in [0.29, 0.717) is 35.6 Å². The fraction of sp³-hybridized carbons (Fsp3) is 0.179. The zero-order valence-corrected chi connectivity index (χ0v) is 26.8. The normalized spacial score (nSPS) is 11.3. The lowest BCUT2D eigenvalue weighted by molar-refractivity contribution is 0.0921. The van der Waals surface area contributed by atoms with E-state index >= 15 is 0 Å². The molecule has 0 atom stereocenters. The van der Waals surface area contributed by atoms with Gasteiger partial charge in [-0.1, -0.05) is 50.2 Å². The number of carbonyl (C=O) groups is 2. The lowest BCUT2D eigenvalue weighted by atomic mass is 9.92. The van der Waals surface area contributed by atoms with E-state index in [4.69, 9.17) is 19.4 Å². The Morgan fingerprint density at radius 1 is 0.596 bits per heavy atom. The number of amides is 2. The first-order chi connectivity index (χ1) is 22.7. The second-order valence-electron chi connectivity index (χ2n) is 12.1. The molecule has 6 rings (SSSR count). The van der Waals surface area contributed by atoms with Gasteiger partial charge < -0.3 is 20.1 Å². The van der Waals surface area contributed by atoms with Gasteiger partial charge in [-0.2, -0.15) is 0 Å². The third-order valence-electron chi connectivity index (χ3n) is 8.15. The van der Waals surface area contributed by atoms with Crippen LogP contribution in [0.5, 0.6) is 11.5 Å². The number of rotatable bonds is 10. The first kappa shape index (κ1) is 31.2. The first-order valence-corrected chi connectivity index (χ1v) is 15.4. The summed E-state index contributed by atoms with van der Waals surface area (Å²) < 4.78 is 10.6. The molecule has 0 saturated heterocycles. The number of aromatic nitrogens is 2. The van der Waals surface area contributed by atoms with Crippen molar-refractivity contribution >= 4 is 33.6 Å². The number of hydrogen-bond donors (Lipinski definition) is 2. The highest BCUT2D eigenvalue weighted by Crippen LogP contribution is 2.28. The molecule has 2 N–H and O–H groups in total. The molecule has 8 nitrogen and oxygen atoms in total. The monoisotopic (exact) mass is 624 g/mol. The molecule has 0 aliphatic rings. The van der Waals surface area contributed by atoms with Crippen molar-refractivity contribution in [3.8, 4) is 34.0 Å². The van der Waals surface area contributed by atoms with Gasteiger partial charge in [0.25, 0.3) is 11.8 Å². The van der Waals surface area contributed by atoms with E-state index in [1.54, 1.807) is 14.2 Å². The molecule has 0 unspecified atom stereocenters. The van der Waals surface area contributed by atoms with Gasteiger partial charge in [0.05, 0.1) is 47.8 Å². The molecule has 0 fully saturated rings. The van der Waals surface area contributed by atoms with Gasteiger partial charge in [0.15, 0.2) is 0 Å². The van der Waals surface area contributed by atoms with E-state index in [-0.39, 0.29) is 11.8 Å². The molecule has 0 radical (unpaired) electrons. The maximum atomic E-state index is 13.6. The summed E-state index contributed by atoms with van der Waals surface area (Å²) in [6.45, 7) is 4.70. The number of methoxy groups -OCH3 is 2. The minimum atomic E-state index is -0.450. The molecule has 4 aromatic carbocycles. The van der Waals surface area contributed by atoms with Crippen LogP contribution < -0.4 is 20.1 Å². The smallest absolute Gasteiger partial charge is 0.252 e. The number of para-hydroxylation sites is 2. The van der Waals surface area contributed by atoms with E-state index in [9.17, 15) is 9.59 Å². The molecule has 0 aliphatic heterocycles. The first-order valence-electron chi connectivity index (χ1n) is 15.4. The molecule has 8 heteroatoms. The second-order valence-corrected chi connectivity index (χ2v) is 12.1. The van der Waals surface area contributed by atoms with Crippen LogP contribution in [0.1, 0.15) is 34.6 Å². The number of ether oxygens (including phenoxy) is 2. The van der Waals surface area contributed by atoms with Gasteiger partial charge in [0.2, 0.25) is 0 Å². The van der Waals surface area contributed by atoms with Gasteiger partial charge in [-0.05, 0) is 78.2 Å². The molecule has 0 bridgehead atoms. The highest BCUT2D eigenvalue weighted by Gasteiger charge is 2.23. The number of nitrogens with zero attached hydrogens (tertiary/aromatic N) is 2. The van der Waals surface area contributed by atoms with E-state index < -0.39 is 5.41 Å². The van der Waals surface area contributed by atoms with Crippen molar-refractivity contribution in [2.75, 3.05) is 27.3 Å². The van der Waals surface area contributed by atoms with E-state index in [1.165, 1.54) is 0 Å². The molecule has 236 valence electrons. The summed E-state index contributed by atoms with van der Waals surface area (Å²) in [5.74, 6) is 1.08. The van der Waals surface area contributed by atoms with E-state index in [0.717, 1.165) is 44.4 Å². The van der Waals surface area contributed by atoms with Crippen LogP contribution in [0.3, 0.4) is 0 Å². The average Bonchev–Trinajstić information content (AvgIpc) is 3.12. The van der Waals surface area contributed by atoms with Crippen LogP contribution in [0, 0.1) is 5.41 Å². The topological polar surface area (TPSA) is 102 Å².